The van der Waals surface area contributed by atoms with Crippen LogP contribution in [0.15, 0.2) is 42.5 Å². The fraction of sp³-hybridized carbons (Fsp3) is 0.538. The molecular weight excluding hydrogens is 439 g/mol. The molecule has 0 amide bonds. The van der Waals surface area contributed by atoms with Crippen molar-refractivity contribution in [2.24, 2.45) is 11.8 Å². The first kappa shape index (κ1) is 25.3. The van der Waals surface area contributed by atoms with Gasteiger partial charge >= 0.3 is 12.7 Å². The Morgan fingerprint density at radius 3 is 2.15 bits per heavy atom. The molecule has 3 rings (SSSR count). The molecular formula is C26H31F5O2. The van der Waals surface area contributed by atoms with E-state index in [-0.39, 0.29) is 5.56 Å². The summed E-state index contributed by atoms with van der Waals surface area (Å²) in [4.78, 5) is 0. The predicted octanol–water partition coefficient (Wildman–Crippen LogP) is 8.48. The van der Waals surface area contributed by atoms with Crippen LogP contribution < -0.4 is 9.47 Å². The first-order valence-corrected chi connectivity index (χ1v) is 11.7. The molecule has 0 radical (unpaired) electrons. The number of alkyl halides is 4. The van der Waals surface area contributed by atoms with Crippen LogP contribution in [0.25, 0.3) is 0 Å². The Bertz CT molecular complexity index is 861. The van der Waals surface area contributed by atoms with E-state index in [9.17, 15) is 22.0 Å². The smallest absolute Gasteiger partial charge is 0.426 e. The molecule has 1 fully saturated rings. The van der Waals surface area contributed by atoms with Crippen molar-refractivity contribution >= 4 is 0 Å². The molecule has 2 aromatic carbocycles. The van der Waals surface area contributed by atoms with Crippen molar-refractivity contribution in [2.45, 2.75) is 77.4 Å². The molecule has 2 aromatic rings. The molecule has 1 aliphatic carbocycles. The van der Waals surface area contributed by atoms with E-state index >= 15 is 0 Å². The maximum Gasteiger partial charge on any atom is 0.426 e. The molecule has 33 heavy (non-hydrogen) atoms. The average molecular weight is 471 g/mol. The second kappa shape index (κ2) is 11.7. The summed E-state index contributed by atoms with van der Waals surface area (Å²) in [6, 6.07) is 8.33. The van der Waals surface area contributed by atoms with Gasteiger partial charge in [0.2, 0.25) is 0 Å². The molecule has 0 unspecified atom stereocenters. The van der Waals surface area contributed by atoms with Crippen LogP contribution in [-0.4, -0.2) is 6.61 Å². The second-order valence-electron chi connectivity index (χ2n) is 8.85. The largest absolute Gasteiger partial charge is 0.432 e. The van der Waals surface area contributed by atoms with Crippen molar-refractivity contribution in [3.8, 4) is 11.5 Å². The maximum absolute atomic E-state index is 14.5. The maximum atomic E-state index is 14.5. The minimum atomic E-state index is -3.70. The zero-order valence-corrected chi connectivity index (χ0v) is 18.8. The monoisotopic (exact) mass is 470 g/mol. The van der Waals surface area contributed by atoms with E-state index in [1.54, 1.807) is 12.1 Å². The van der Waals surface area contributed by atoms with E-state index in [1.807, 2.05) is 0 Å². The van der Waals surface area contributed by atoms with Gasteiger partial charge in [-0.25, -0.2) is 4.39 Å². The van der Waals surface area contributed by atoms with Gasteiger partial charge in [0.05, 0.1) is 5.56 Å². The van der Waals surface area contributed by atoms with Crippen LogP contribution in [0.3, 0.4) is 0 Å². The summed E-state index contributed by atoms with van der Waals surface area (Å²) in [5.41, 5.74) is 0.623. The molecule has 1 aliphatic rings. The van der Waals surface area contributed by atoms with Crippen LogP contribution in [0.2, 0.25) is 0 Å². The highest BCUT2D eigenvalue weighted by Gasteiger charge is 2.34. The molecule has 1 saturated carbocycles. The van der Waals surface area contributed by atoms with Crippen LogP contribution >= 0.6 is 0 Å². The van der Waals surface area contributed by atoms with Crippen LogP contribution in [0.5, 0.6) is 11.5 Å². The van der Waals surface area contributed by atoms with Crippen LogP contribution in [0.4, 0.5) is 22.0 Å². The average Bonchev–Trinajstić information content (AvgIpc) is 2.78. The third kappa shape index (κ3) is 7.61. The highest BCUT2D eigenvalue weighted by Crippen LogP contribution is 2.36. The van der Waals surface area contributed by atoms with Gasteiger partial charge in [0.25, 0.3) is 0 Å². The molecule has 7 heteroatoms. The van der Waals surface area contributed by atoms with Gasteiger partial charge in [0.15, 0.2) is 11.6 Å². The molecule has 0 aromatic heterocycles. The topological polar surface area (TPSA) is 18.5 Å². The lowest BCUT2D eigenvalue weighted by Gasteiger charge is -2.28. The van der Waals surface area contributed by atoms with Crippen molar-refractivity contribution < 1.29 is 31.4 Å². The van der Waals surface area contributed by atoms with Gasteiger partial charge in [-0.1, -0.05) is 64.0 Å². The molecule has 0 aliphatic heterocycles. The number of aryl methyl sites for hydroxylation is 1. The Kier molecular flexibility index (Phi) is 8.98. The summed E-state index contributed by atoms with van der Waals surface area (Å²) in [7, 11) is 0. The van der Waals surface area contributed by atoms with E-state index in [0.29, 0.717) is 12.0 Å². The molecule has 0 spiro atoms. The predicted molar refractivity (Wildman–Crippen MR) is 117 cm³/mol. The number of rotatable bonds is 11. The lowest BCUT2D eigenvalue weighted by molar-refractivity contribution is -0.185. The summed E-state index contributed by atoms with van der Waals surface area (Å²) < 4.78 is 75.8. The number of benzene rings is 2. The zero-order chi connectivity index (χ0) is 23.8. The lowest BCUT2D eigenvalue weighted by Crippen LogP contribution is -2.22. The molecule has 0 saturated heterocycles. The molecule has 2 nitrogen and oxygen atoms in total. The summed E-state index contributed by atoms with van der Waals surface area (Å²) in [5, 5.41) is 0. The SMILES string of the molecule is CCCCC1CCC(CCc2ccc(C(F)(F)Oc3ccc(OC(F)F)c(F)c3)cc2)CC1. The Hall–Kier alpha value is -2.31. The zero-order valence-electron chi connectivity index (χ0n) is 18.8. The fourth-order valence-electron chi connectivity index (χ4n) is 4.48. The summed E-state index contributed by atoms with van der Waals surface area (Å²) in [6.07, 6.45) is 7.17. The number of ether oxygens (including phenoxy) is 2. The lowest BCUT2D eigenvalue weighted by atomic mass is 9.78. The first-order valence-electron chi connectivity index (χ1n) is 11.7. The normalized spacial score (nSPS) is 19.0. The van der Waals surface area contributed by atoms with E-state index in [1.165, 1.54) is 57.1 Å². The minimum absolute atomic E-state index is 0.365. The van der Waals surface area contributed by atoms with Gasteiger partial charge in [-0.2, -0.15) is 17.6 Å². The van der Waals surface area contributed by atoms with Gasteiger partial charge in [-0.15, -0.1) is 0 Å². The number of halogens is 5. The van der Waals surface area contributed by atoms with Crippen molar-refractivity contribution in [3.05, 3.63) is 59.4 Å². The number of hydrogen-bond donors (Lipinski definition) is 0. The standard InChI is InChI=1S/C26H31F5O2/c1-2-3-4-18-5-7-19(8-6-18)9-10-20-11-13-21(14-12-20)26(30,31)33-22-15-16-24(23(27)17-22)32-25(28)29/h11-19,25H,2-10H2,1H3. The fourth-order valence-corrected chi connectivity index (χ4v) is 4.48. The Balaban J connectivity index is 1.51. The van der Waals surface area contributed by atoms with Crippen molar-refractivity contribution in [1.82, 2.24) is 0 Å². The molecule has 182 valence electrons. The van der Waals surface area contributed by atoms with E-state index in [2.05, 4.69) is 16.4 Å². The van der Waals surface area contributed by atoms with Crippen molar-refractivity contribution in [2.75, 3.05) is 0 Å². The van der Waals surface area contributed by atoms with Gasteiger partial charge in [-0.05, 0) is 54.5 Å². The van der Waals surface area contributed by atoms with E-state index in [0.717, 1.165) is 36.5 Å². The van der Waals surface area contributed by atoms with Crippen molar-refractivity contribution in [1.29, 1.82) is 0 Å². The highest BCUT2D eigenvalue weighted by molar-refractivity contribution is 5.34. The van der Waals surface area contributed by atoms with Crippen molar-refractivity contribution in [3.63, 3.8) is 0 Å². The summed E-state index contributed by atoms with van der Waals surface area (Å²) in [5.74, 6) is -0.876. The second-order valence-corrected chi connectivity index (χ2v) is 8.85. The number of hydrogen-bond acceptors (Lipinski definition) is 2. The van der Waals surface area contributed by atoms with Crippen LogP contribution in [0, 0.1) is 17.7 Å². The minimum Gasteiger partial charge on any atom is -0.432 e. The van der Waals surface area contributed by atoms with Gasteiger partial charge in [0.1, 0.15) is 5.75 Å². The number of unbranched alkanes of at least 4 members (excludes halogenated alkanes) is 1. The van der Waals surface area contributed by atoms with Gasteiger partial charge in [-0.3, -0.25) is 0 Å². The third-order valence-corrected chi connectivity index (χ3v) is 6.43. The Morgan fingerprint density at radius 1 is 0.939 bits per heavy atom. The summed E-state index contributed by atoms with van der Waals surface area (Å²) in [6.45, 7) is -0.989. The van der Waals surface area contributed by atoms with E-state index in [4.69, 9.17) is 0 Å². The molecule has 0 atom stereocenters. The van der Waals surface area contributed by atoms with Crippen LogP contribution in [-0.2, 0) is 12.5 Å². The van der Waals surface area contributed by atoms with Crippen LogP contribution in [0.1, 0.15) is 69.4 Å². The first-order chi connectivity index (χ1) is 15.8. The molecule has 0 heterocycles. The van der Waals surface area contributed by atoms with E-state index < -0.39 is 30.0 Å². The van der Waals surface area contributed by atoms with Gasteiger partial charge < -0.3 is 9.47 Å². The Morgan fingerprint density at radius 2 is 1.58 bits per heavy atom. The quantitative estimate of drug-likeness (QED) is 0.307. The molecule has 0 N–H and O–H groups in total. The summed E-state index contributed by atoms with van der Waals surface area (Å²) >= 11 is 0. The Labute approximate surface area is 192 Å². The third-order valence-electron chi connectivity index (χ3n) is 6.43. The molecule has 0 bridgehead atoms. The van der Waals surface area contributed by atoms with Gasteiger partial charge in [0, 0.05) is 6.07 Å². The highest BCUT2D eigenvalue weighted by atomic mass is 19.3.